The third kappa shape index (κ3) is 3.95. The molecule has 0 fully saturated rings. The van der Waals surface area contributed by atoms with Crippen molar-refractivity contribution in [1.82, 2.24) is 0 Å². The SMILES string of the molecule is C[SiH](C)OCc1ccsc1Cc1cccc(Cl)c1. The van der Waals surface area contributed by atoms with Crippen LogP contribution in [0.4, 0.5) is 0 Å². The Morgan fingerprint density at radius 3 is 2.83 bits per heavy atom. The first kappa shape index (κ1) is 13.8. The summed E-state index contributed by atoms with van der Waals surface area (Å²) in [5.74, 6) is 0. The first-order chi connectivity index (χ1) is 8.65. The molecule has 18 heavy (non-hydrogen) atoms. The van der Waals surface area contributed by atoms with Crippen LogP contribution in [0.25, 0.3) is 0 Å². The second-order valence-electron chi connectivity index (χ2n) is 4.54. The Morgan fingerprint density at radius 2 is 2.11 bits per heavy atom. The molecule has 0 saturated carbocycles. The second-order valence-corrected chi connectivity index (χ2v) is 8.40. The number of hydrogen-bond donors (Lipinski definition) is 0. The molecule has 0 saturated heterocycles. The van der Waals surface area contributed by atoms with Gasteiger partial charge in [0.2, 0.25) is 0 Å². The molecule has 1 nitrogen and oxygen atoms in total. The van der Waals surface area contributed by atoms with Gasteiger partial charge in [-0.2, -0.15) is 0 Å². The van der Waals surface area contributed by atoms with E-state index in [9.17, 15) is 0 Å². The van der Waals surface area contributed by atoms with Crippen LogP contribution in [0.2, 0.25) is 18.1 Å². The van der Waals surface area contributed by atoms with Crippen LogP contribution in [0.1, 0.15) is 16.0 Å². The zero-order valence-corrected chi connectivity index (χ0v) is 13.4. The van der Waals surface area contributed by atoms with E-state index in [4.69, 9.17) is 16.0 Å². The predicted molar refractivity (Wildman–Crippen MR) is 82.2 cm³/mol. The monoisotopic (exact) mass is 296 g/mol. The van der Waals surface area contributed by atoms with Crippen molar-refractivity contribution < 1.29 is 4.43 Å². The fourth-order valence-corrected chi connectivity index (χ4v) is 3.39. The highest BCUT2D eigenvalue weighted by molar-refractivity contribution is 7.10. The summed E-state index contributed by atoms with van der Waals surface area (Å²) in [6.45, 7) is 5.15. The molecule has 0 spiro atoms. The minimum atomic E-state index is -0.945. The highest BCUT2D eigenvalue weighted by atomic mass is 35.5. The van der Waals surface area contributed by atoms with Gasteiger partial charge in [0, 0.05) is 16.3 Å². The van der Waals surface area contributed by atoms with Gasteiger partial charge in [0.05, 0.1) is 6.61 Å². The lowest BCUT2D eigenvalue weighted by molar-refractivity contribution is 0.314. The fraction of sp³-hybridized carbons (Fsp3) is 0.286. The van der Waals surface area contributed by atoms with Crippen molar-refractivity contribution in [1.29, 1.82) is 0 Å². The van der Waals surface area contributed by atoms with E-state index in [-0.39, 0.29) is 0 Å². The van der Waals surface area contributed by atoms with Crippen molar-refractivity contribution in [3.63, 3.8) is 0 Å². The van der Waals surface area contributed by atoms with Crippen LogP contribution in [0.5, 0.6) is 0 Å². The summed E-state index contributed by atoms with van der Waals surface area (Å²) in [6, 6.07) is 10.2. The maximum absolute atomic E-state index is 6.01. The van der Waals surface area contributed by atoms with Crippen LogP contribution in [0, 0.1) is 0 Å². The quantitative estimate of drug-likeness (QED) is 0.739. The molecular formula is C14H17ClOSSi. The first-order valence-corrected chi connectivity index (χ1v) is 10.1. The van der Waals surface area contributed by atoms with Gasteiger partial charge in [-0.3, -0.25) is 0 Å². The van der Waals surface area contributed by atoms with E-state index in [2.05, 4.69) is 30.6 Å². The Balaban J connectivity index is 2.07. The number of rotatable bonds is 5. The van der Waals surface area contributed by atoms with Crippen LogP contribution in [0.3, 0.4) is 0 Å². The van der Waals surface area contributed by atoms with E-state index in [1.807, 2.05) is 18.2 Å². The lowest BCUT2D eigenvalue weighted by atomic mass is 10.1. The standard InChI is InChI=1S/C14H17ClOSSi/c1-18(2)16-10-12-6-7-17-14(12)9-11-4-3-5-13(15)8-11/h3-8,18H,9-10H2,1-2H3. The molecule has 0 aliphatic rings. The maximum Gasteiger partial charge on any atom is 0.171 e. The molecule has 0 N–H and O–H groups in total. The van der Waals surface area contributed by atoms with Crippen LogP contribution in [0.15, 0.2) is 35.7 Å². The van der Waals surface area contributed by atoms with Crippen LogP contribution >= 0.6 is 22.9 Å². The summed E-state index contributed by atoms with van der Waals surface area (Å²) in [4.78, 5) is 1.38. The summed E-state index contributed by atoms with van der Waals surface area (Å²) in [5.41, 5.74) is 2.58. The molecule has 4 heteroatoms. The Kier molecular flexibility index (Phi) is 5.01. The molecule has 2 aromatic rings. The average molecular weight is 297 g/mol. The van der Waals surface area contributed by atoms with Gasteiger partial charge in [0.15, 0.2) is 9.04 Å². The zero-order valence-electron chi connectivity index (χ0n) is 10.7. The number of halogens is 1. The lowest BCUT2D eigenvalue weighted by Gasteiger charge is -2.08. The van der Waals surface area contributed by atoms with E-state index >= 15 is 0 Å². The van der Waals surface area contributed by atoms with Crippen molar-refractivity contribution >= 4 is 32.0 Å². The fourth-order valence-electron chi connectivity index (χ4n) is 1.74. The second kappa shape index (κ2) is 6.52. The van der Waals surface area contributed by atoms with E-state index in [1.54, 1.807) is 11.3 Å². The van der Waals surface area contributed by atoms with E-state index in [0.29, 0.717) is 0 Å². The molecule has 1 aromatic carbocycles. The first-order valence-electron chi connectivity index (χ1n) is 6.06. The summed E-state index contributed by atoms with van der Waals surface area (Å²) in [5, 5.41) is 2.94. The molecule has 96 valence electrons. The molecule has 2 rings (SSSR count). The summed E-state index contributed by atoms with van der Waals surface area (Å²) < 4.78 is 5.81. The lowest BCUT2D eigenvalue weighted by Crippen LogP contribution is -2.07. The van der Waals surface area contributed by atoms with Crippen LogP contribution in [-0.2, 0) is 17.5 Å². The summed E-state index contributed by atoms with van der Waals surface area (Å²) in [7, 11) is -0.945. The largest absolute Gasteiger partial charge is 0.416 e. The number of thiophene rings is 1. The van der Waals surface area contributed by atoms with E-state index in [1.165, 1.54) is 16.0 Å². The molecule has 0 radical (unpaired) electrons. The van der Waals surface area contributed by atoms with Gasteiger partial charge in [-0.05, 0) is 47.8 Å². The Morgan fingerprint density at radius 1 is 1.28 bits per heavy atom. The zero-order chi connectivity index (χ0) is 13.0. The topological polar surface area (TPSA) is 9.23 Å². The molecule has 0 amide bonds. The van der Waals surface area contributed by atoms with E-state index in [0.717, 1.165) is 18.1 Å². The molecule has 0 aliphatic carbocycles. The van der Waals surface area contributed by atoms with Gasteiger partial charge in [0.1, 0.15) is 0 Å². The predicted octanol–water partition coefficient (Wildman–Crippen LogP) is 4.49. The van der Waals surface area contributed by atoms with Crippen molar-refractivity contribution in [2.45, 2.75) is 26.1 Å². The Bertz CT molecular complexity index is 510. The summed E-state index contributed by atoms with van der Waals surface area (Å²) >= 11 is 7.81. The maximum atomic E-state index is 6.01. The molecule has 0 bridgehead atoms. The molecule has 1 aromatic heterocycles. The number of hydrogen-bond acceptors (Lipinski definition) is 2. The Labute approximate surface area is 119 Å². The van der Waals surface area contributed by atoms with Gasteiger partial charge in [0.25, 0.3) is 0 Å². The third-order valence-electron chi connectivity index (χ3n) is 2.66. The normalized spacial score (nSPS) is 11.1. The third-order valence-corrected chi connectivity index (χ3v) is 4.70. The van der Waals surface area contributed by atoms with Gasteiger partial charge >= 0.3 is 0 Å². The van der Waals surface area contributed by atoms with Crippen molar-refractivity contribution in [2.24, 2.45) is 0 Å². The van der Waals surface area contributed by atoms with Crippen molar-refractivity contribution in [2.75, 3.05) is 0 Å². The summed E-state index contributed by atoms with van der Waals surface area (Å²) in [6.07, 6.45) is 0.941. The van der Waals surface area contributed by atoms with Crippen LogP contribution < -0.4 is 0 Å². The molecule has 0 atom stereocenters. The number of benzene rings is 1. The average Bonchev–Trinajstić information content (AvgIpc) is 2.74. The van der Waals surface area contributed by atoms with Gasteiger partial charge in [-0.25, -0.2) is 0 Å². The highest BCUT2D eigenvalue weighted by Crippen LogP contribution is 2.23. The minimum absolute atomic E-state index is 0.753. The van der Waals surface area contributed by atoms with Crippen LogP contribution in [-0.4, -0.2) is 9.04 Å². The molecule has 0 unspecified atom stereocenters. The molecule has 1 heterocycles. The molecule has 0 aliphatic heterocycles. The van der Waals surface area contributed by atoms with E-state index < -0.39 is 9.04 Å². The van der Waals surface area contributed by atoms with Crippen molar-refractivity contribution in [3.05, 3.63) is 56.7 Å². The van der Waals surface area contributed by atoms with Gasteiger partial charge < -0.3 is 4.43 Å². The van der Waals surface area contributed by atoms with Crippen molar-refractivity contribution in [3.8, 4) is 0 Å². The molecular weight excluding hydrogens is 280 g/mol. The Hall–Kier alpha value is -0.613. The highest BCUT2D eigenvalue weighted by Gasteiger charge is 2.07. The van der Waals surface area contributed by atoms with Gasteiger partial charge in [-0.1, -0.05) is 23.7 Å². The minimum Gasteiger partial charge on any atom is -0.416 e. The smallest absolute Gasteiger partial charge is 0.171 e. The van der Waals surface area contributed by atoms with Gasteiger partial charge in [-0.15, -0.1) is 11.3 Å².